The van der Waals surface area contributed by atoms with Crippen LogP contribution in [-0.2, 0) is 6.54 Å². The Morgan fingerprint density at radius 2 is 2.10 bits per heavy atom. The van der Waals surface area contributed by atoms with Gasteiger partial charge in [0.15, 0.2) is 0 Å². The molecule has 0 amide bonds. The minimum absolute atomic E-state index is 0.00987. The van der Waals surface area contributed by atoms with Gasteiger partial charge in [-0.1, -0.05) is 23.7 Å². The van der Waals surface area contributed by atoms with Gasteiger partial charge in [-0.2, -0.15) is 5.26 Å². The van der Waals surface area contributed by atoms with E-state index in [9.17, 15) is 4.79 Å². The van der Waals surface area contributed by atoms with Gasteiger partial charge in [0.1, 0.15) is 11.2 Å². The summed E-state index contributed by atoms with van der Waals surface area (Å²) in [6.07, 6.45) is 1.42. The van der Waals surface area contributed by atoms with Gasteiger partial charge < -0.3 is 0 Å². The largest absolute Gasteiger partial charge is 0.284 e. The lowest BCUT2D eigenvalue weighted by atomic mass is 10.1. The molecule has 1 aromatic carbocycles. The topological polar surface area (TPSA) is 58.7 Å². The van der Waals surface area contributed by atoms with Crippen LogP contribution >= 0.6 is 22.9 Å². The van der Waals surface area contributed by atoms with E-state index in [4.69, 9.17) is 16.9 Å². The number of hydrogen-bond donors (Lipinski definition) is 0. The SMILES string of the molecule is N#CCn1cnc2c(-c3ccc(Cl)cc3)csc2c1=O. The first-order chi connectivity index (χ1) is 9.70. The van der Waals surface area contributed by atoms with Crippen LogP contribution in [0, 0.1) is 11.3 Å². The molecule has 0 fully saturated rings. The van der Waals surface area contributed by atoms with Crippen molar-refractivity contribution in [1.82, 2.24) is 9.55 Å². The van der Waals surface area contributed by atoms with Crippen LogP contribution in [-0.4, -0.2) is 9.55 Å². The zero-order chi connectivity index (χ0) is 14.1. The zero-order valence-electron chi connectivity index (χ0n) is 10.2. The molecule has 2 heterocycles. The summed E-state index contributed by atoms with van der Waals surface area (Å²) in [4.78, 5) is 16.5. The van der Waals surface area contributed by atoms with Crippen molar-refractivity contribution in [2.24, 2.45) is 0 Å². The summed E-state index contributed by atoms with van der Waals surface area (Å²) in [6, 6.07) is 9.34. The van der Waals surface area contributed by atoms with Gasteiger partial charge in [0.05, 0.1) is 17.9 Å². The van der Waals surface area contributed by atoms with Crippen molar-refractivity contribution < 1.29 is 0 Å². The highest BCUT2D eigenvalue weighted by molar-refractivity contribution is 7.17. The maximum Gasteiger partial charge on any atom is 0.272 e. The Morgan fingerprint density at radius 1 is 1.35 bits per heavy atom. The average Bonchev–Trinajstić information content (AvgIpc) is 2.88. The van der Waals surface area contributed by atoms with Crippen molar-refractivity contribution in [3.63, 3.8) is 0 Å². The van der Waals surface area contributed by atoms with Gasteiger partial charge in [-0.3, -0.25) is 9.36 Å². The number of halogens is 1. The Bertz CT molecular complexity index is 874. The number of benzene rings is 1. The van der Waals surface area contributed by atoms with Crippen LogP contribution in [0.3, 0.4) is 0 Å². The van der Waals surface area contributed by atoms with Gasteiger partial charge in [0, 0.05) is 16.0 Å². The molecule has 0 radical (unpaired) electrons. The van der Waals surface area contributed by atoms with Crippen molar-refractivity contribution >= 4 is 33.2 Å². The Balaban J connectivity index is 2.20. The molecule has 98 valence electrons. The van der Waals surface area contributed by atoms with Crippen LogP contribution < -0.4 is 5.56 Å². The van der Waals surface area contributed by atoms with Crippen molar-refractivity contribution in [2.45, 2.75) is 6.54 Å². The Morgan fingerprint density at radius 3 is 2.80 bits per heavy atom. The second-order valence-electron chi connectivity index (χ2n) is 4.17. The van der Waals surface area contributed by atoms with E-state index >= 15 is 0 Å². The van der Waals surface area contributed by atoms with Crippen LogP contribution in [0.2, 0.25) is 5.02 Å². The summed E-state index contributed by atoms with van der Waals surface area (Å²) in [5.41, 5.74) is 2.35. The molecule has 3 rings (SSSR count). The van der Waals surface area contributed by atoms with E-state index in [2.05, 4.69) is 4.98 Å². The molecule has 0 N–H and O–H groups in total. The van der Waals surface area contributed by atoms with E-state index in [1.54, 1.807) is 12.1 Å². The van der Waals surface area contributed by atoms with Crippen LogP contribution in [0.1, 0.15) is 0 Å². The van der Waals surface area contributed by atoms with Crippen LogP contribution in [0.5, 0.6) is 0 Å². The molecule has 0 aliphatic rings. The number of fused-ring (bicyclic) bond motifs is 1. The molecule has 0 unspecified atom stereocenters. The van der Waals surface area contributed by atoms with Gasteiger partial charge in [-0.05, 0) is 17.7 Å². The standard InChI is InChI=1S/C14H8ClN3OS/c15-10-3-1-9(2-4-10)11-7-20-13-12(11)17-8-18(6-5-16)14(13)19/h1-4,7-8H,6H2. The quantitative estimate of drug-likeness (QED) is 0.729. The maximum atomic E-state index is 12.2. The number of rotatable bonds is 2. The van der Waals surface area contributed by atoms with Crippen molar-refractivity contribution in [3.8, 4) is 17.2 Å². The molecule has 0 bridgehead atoms. The summed E-state index contributed by atoms with van der Waals surface area (Å²) in [5, 5.41) is 11.2. The second kappa shape index (κ2) is 5.08. The van der Waals surface area contributed by atoms with Crippen molar-refractivity contribution in [3.05, 3.63) is 51.3 Å². The Kier molecular flexibility index (Phi) is 3.26. The zero-order valence-corrected chi connectivity index (χ0v) is 11.8. The fourth-order valence-electron chi connectivity index (χ4n) is 1.96. The molecule has 0 spiro atoms. The summed E-state index contributed by atoms with van der Waals surface area (Å²) in [6.45, 7) is 0.00987. The number of aromatic nitrogens is 2. The third-order valence-corrected chi connectivity index (χ3v) is 4.15. The minimum Gasteiger partial charge on any atom is -0.284 e. The van der Waals surface area contributed by atoms with Gasteiger partial charge >= 0.3 is 0 Å². The van der Waals surface area contributed by atoms with Gasteiger partial charge in [-0.15, -0.1) is 11.3 Å². The van der Waals surface area contributed by atoms with Crippen molar-refractivity contribution in [1.29, 1.82) is 5.26 Å². The molecule has 0 atom stereocenters. The van der Waals surface area contributed by atoms with Gasteiger partial charge in [0.25, 0.3) is 5.56 Å². The Hall–Kier alpha value is -2.16. The monoisotopic (exact) mass is 301 g/mol. The molecule has 20 heavy (non-hydrogen) atoms. The smallest absolute Gasteiger partial charge is 0.272 e. The lowest BCUT2D eigenvalue weighted by Gasteiger charge is -2.01. The van der Waals surface area contributed by atoms with E-state index in [-0.39, 0.29) is 12.1 Å². The third kappa shape index (κ3) is 2.09. The molecule has 0 aliphatic heterocycles. The van der Waals surface area contributed by atoms with E-state index in [0.29, 0.717) is 15.2 Å². The van der Waals surface area contributed by atoms with Gasteiger partial charge in [0.2, 0.25) is 0 Å². The summed E-state index contributed by atoms with van der Waals surface area (Å²) < 4.78 is 1.87. The summed E-state index contributed by atoms with van der Waals surface area (Å²) in [7, 11) is 0. The van der Waals surface area contributed by atoms with Crippen LogP contribution in [0.25, 0.3) is 21.3 Å². The fraction of sp³-hybridized carbons (Fsp3) is 0.0714. The molecule has 2 aromatic heterocycles. The first-order valence-corrected chi connectivity index (χ1v) is 7.06. The number of hydrogen-bond acceptors (Lipinski definition) is 4. The highest BCUT2D eigenvalue weighted by Gasteiger charge is 2.12. The first-order valence-electron chi connectivity index (χ1n) is 5.80. The number of nitriles is 1. The van der Waals surface area contributed by atoms with Gasteiger partial charge in [-0.25, -0.2) is 4.98 Å². The normalized spacial score (nSPS) is 10.6. The average molecular weight is 302 g/mol. The molecule has 0 saturated carbocycles. The molecule has 4 nitrogen and oxygen atoms in total. The summed E-state index contributed by atoms with van der Waals surface area (Å²) in [5.74, 6) is 0. The van der Waals surface area contributed by atoms with E-state index in [0.717, 1.165) is 11.1 Å². The third-order valence-electron chi connectivity index (χ3n) is 2.94. The molecule has 3 aromatic rings. The van der Waals surface area contributed by atoms with E-state index in [1.807, 2.05) is 23.6 Å². The summed E-state index contributed by atoms with van der Waals surface area (Å²) >= 11 is 7.22. The maximum absolute atomic E-state index is 12.2. The lowest BCUT2D eigenvalue weighted by Crippen LogP contribution is -2.18. The fourth-order valence-corrected chi connectivity index (χ4v) is 3.07. The second-order valence-corrected chi connectivity index (χ2v) is 5.49. The predicted octanol–water partition coefficient (Wildman–Crippen LogP) is 3.30. The van der Waals surface area contributed by atoms with E-state index < -0.39 is 0 Å². The number of nitrogens with zero attached hydrogens (tertiary/aromatic N) is 3. The molecule has 6 heteroatoms. The van der Waals surface area contributed by atoms with Crippen LogP contribution in [0.4, 0.5) is 0 Å². The molecular formula is C14H8ClN3OS. The molecular weight excluding hydrogens is 294 g/mol. The minimum atomic E-state index is -0.179. The predicted molar refractivity (Wildman–Crippen MR) is 79.9 cm³/mol. The van der Waals surface area contributed by atoms with Crippen LogP contribution in [0.15, 0.2) is 40.8 Å². The van der Waals surface area contributed by atoms with E-state index in [1.165, 1.54) is 22.2 Å². The van der Waals surface area contributed by atoms with Crippen molar-refractivity contribution in [2.75, 3.05) is 0 Å². The molecule has 0 aliphatic carbocycles. The lowest BCUT2D eigenvalue weighted by molar-refractivity contribution is 0.777. The first kappa shape index (κ1) is 12.9. The highest BCUT2D eigenvalue weighted by atomic mass is 35.5. The number of thiophene rings is 1. The Labute approximate surface area is 123 Å². The highest BCUT2D eigenvalue weighted by Crippen LogP contribution is 2.31. The molecule has 0 saturated heterocycles.